The molecular formula is C24H18N6OS. The Morgan fingerprint density at radius 3 is 1.97 bits per heavy atom. The molecule has 8 heteroatoms. The summed E-state index contributed by atoms with van der Waals surface area (Å²) >= 11 is 5.41. The van der Waals surface area contributed by atoms with E-state index in [0.717, 1.165) is 16.8 Å². The van der Waals surface area contributed by atoms with Gasteiger partial charge in [0.2, 0.25) is 0 Å². The molecule has 0 aliphatic heterocycles. The van der Waals surface area contributed by atoms with E-state index in [0.29, 0.717) is 22.0 Å². The molecule has 7 nitrogen and oxygen atoms in total. The van der Waals surface area contributed by atoms with Crippen LogP contribution in [-0.2, 0) is 6.54 Å². The number of hydrogen-bond donors (Lipinski definition) is 1. The predicted molar refractivity (Wildman–Crippen MR) is 125 cm³/mol. The number of rotatable bonds is 5. The molecule has 0 aliphatic carbocycles. The third-order valence-electron chi connectivity index (χ3n) is 5.02. The van der Waals surface area contributed by atoms with Gasteiger partial charge in [0.15, 0.2) is 10.6 Å². The maximum absolute atomic E-state index is 13.0. The van der Waals surface area contributed by atoms with Crippen molar-refractivity contribution in [1.82, 2.24) is 29.5 Å². The van der Waals surface area contributed by atoms with Gasteiger partial charge in [-0.05, 0) is 24.4 Å². The van der Waals surface area contributed by atoms with Crippen molar-refractivity contribution in [3.05, 3.63) is 112 Å². The number of aromatic nitrogens is 6. The second kappa shape index (κ2) is 8.52. The topological polar surface area (TPSA) is 81.4 Å². The molecule has 5 rings (SSSR count). The van der Waals surface area contributed by atoms with Crippen LogP contribution in [-0.4, -0.2) is 29.5 Å². The number of nitrogens with zero attached hydrogens (tertiary/aromatic N) is 5. The Kier molecular flexibility index (Phi) is 5.27. The lowest BCUT2D eigenvalue weighted by atomic mass is 10.0. The molecule has 156 valence electrons. The number of hydrogen-bond acceptors (Lipinski definition) is 5. The highest BCUT2D eigenvalue weighted by Gasteiger charge is 2.17. The molecular weight excluding hydrogens is 420 g/mol. The van der Waals surface area contributed by atoms with Crippen LogP contribution >= 0.6 is 12.2 Å². The molecule has 0 fully saturated rings. The third kappa shape index (κ3) is 3.79. The first-order valence-corrected chi connectivity index (χ1v) is 10.4. The fourth-order valence-corrected chi connectivity index (χ4v) is 3.78. The minimum atomic E-state index is -0.461. The molecule has 0 aliphatic rings. The highest BCUT2D eigenvalue weighted by atomic mass is 32.1. The smallest absolute Gasteiger partial charge is 0.271 e. The molecule has 32 heavy (non-hydrogen) atoms. The predicted octanol–water partition coefficient (Wildman–Crippen LogP) is 4.26. The van der Waals surface area contributed by atoms with Crippen LogP contribution in [0.5, 0.6) is 0 Å². The number of para-hydroxylation sites is 1. The average molecular weight is 439 g/mol. The third-order valence-corrected chi connectivity index (χ3v) is 5.29. The summed E-state index contributed by atoms with van der Waals surface area (Å²) in [4.78, 5) is 17.4. The van der Waals surface area contributed by atoms with Crippen LogP contribution in [0.4, 0.5) is 0 Å². The molecule has 0 bridgehead atoms. The highest BCUT2D eigenvalue weighted by Crippen LogP contribution is 2.27. The Morgan fingerprint density at radius 2 is 1.34 bits per heavy atom. The Hall–Kier alpha value is -4.17. The normalized spacial score (nSPS) is 10.9. The largest absolute Gasteiger partial charge is 0.365 e. The Labute approximate surface area is 188 Å². The van der Waals surface area contributed by atoms with Crippen molar-refractivity contribution in [3.8, 4) is 28.2 Å². The fourth-order valence-electron chi connectivity index (χ4n) is 3.52. The van der Waals surface area contributed by atoms with Crippen LogP contribution in [0, 0.1) is 4.77 Å². The zero-order valence-corrected chi connectivity index (χ0v) is 17.7. The van der Waals surface area contributed by atoms with Crippen LogP contribution in [0.15, 0.2) is 95.8 Å². The van der Waals surface area contributed by atoms with Gasteiger partial charge in [-0.2, -0.15) is 15.2 Å². The number of aromatic amines is 1. The van der Waals surface area contributed by atoms with E-state index in [4.69, 9.17) is 17.3 Å². The molecule has 1 N–H and O–H groups in total. The van der Waals surface area contributed by atoms with Gasteiger partial charge in [-0.3, -0.25) is 9.67 Å². The average Bonchev–Trinajstić information content (AvgIpc) is 3.21. The maximum atomic E-state index is 13.0. The van der Waals surface area contributed by atoms with E-state index in [1.54, 1.807) is 4.57 Å². The first kappa shape index (κ1) is 19.8. The minimum absolute atomic E-state index is 0.114. The molecule has 0 saturated carbocycles. The van der Waals surface area contributed by atoms with Gasteiger partial charge in [0.05, 0.1) is 0 Å². The molecule has 0 spiro atoms. The van der Waals surface area contributed by atoms with Crippen LogP contribution in [0.3, 0.4) is 0 Å². The number of benzene rings is 3. The van der Waals surface area contributed by atoms with Gasteiger partial charge in [-0.1, -0.05) is 78.9 Å². The summed E-state index contributed by atoms with van der Waals surface area (Å²) in [7, 11) is 0. The lowest BCUT2D eigenvalue weighted by Crippen LogP contribution is -2.28. The molecule has 2 heterocycles. The summed E-state index contributed by atoms with van der Waals surface area (Å²) in [5.74, 6) is 0.559. The van der Waals surface area contributed by atoms with Crippen LogP contribution in [0.2, 0.25) is 0 Å². The monoisotopic (exact) mass is 438 g/mol. The quantitative estimate of drug-likeness (QED) is 0.415. The maximum Gasteiger partial charge on any atom is 0.365 e. The molecule has 5 aromatic rings. The highest BCUT2D eigenvalue weighted by molar-refractivity contribution is 7.71. The van der Waals surface area contributed by atoms with E-state index in [1.807, 2.05) is 91.0 Å². The molecule has 0 amide bonds. The fraction of sp³-hybridized carbons (Fsp3) is 0.0417. The summed E-state index contributed by atoms with van der Waals surface area (Å²) in [6.45, 7) is 0.114. The van der Waals surface area contributed by atoms with E-state index in [1.165, 1.54) is 4.68 Å². The van der Waals surface area contributed by atoms with Crippen LogP contribution in [0.25, 0.3) is 28.2 Å². The Morgan fingerprint density at radius 1 is 0.781 bits per heavy atom. The minimum Gasteiger partial charge on any atom is -0.271 e. The van der Waals surface area contributed by atoms with Gasteiger partial charge in [0, 0.05) is 16.8 Å². The Balaban J connectivity index is 1.65. The van der Waals surface area contributed by atoms with Gasteiger partial charge in [0.25, 0.3) is 0 Å². The van der Waals surface area contributed by atoms with Crippen molar-refractivity contribution in [3.63, 3.8) is 0 Å². The molecule has 0 unspecified atom stereocenters. The lowest BCUT2D eigenvalue weighted by Gasteiger charge is -2.12. The summed E-state index contributed by atoms with van der Waals surface area (Å²) in [6.07, 6.45) is 0. The molecule has 0 radical (unpaired) electrons. The van der Waals surface area contributed by atoms with Gasteiger partial charge in [0.1, 0.15) is 17.9 Å². The van der Waals surface area contributed by atoms with E-state index in [9.17, 15) is 4.79 Å². The van der Waals surface area contributed by atoms with Crippen LogP contribution < -0.4 is 5.69 Å². The molecule has 0 saturated heterocycles. The van der Waals surface area contributed by atoms with Crippen molar-refractivity contribution in [2.45, 2.75) is 6.54 Å². The van der Waals surface area contributed by atoms with E-state index in [-0.39, 0.29) is 6.54 Å². The first-order valence-electron chi connectivity index (χ1n) is 10.0. The van der Waals surface area contributed by atoms with E-state index < -0.39 is 5.69 Å². The number of H-pyrrole nitrogens is 1. The summed E-state index contributed by atoms with van der Waals surface area (Å²) in [6, 6.07) is 28.9. The first-order chi connectivity index (χ1) is 15.7. The second-order valence-corrected chi connectivity index (χ2v) is 7.48. The van der Waals surface area contributed by atoms with Crippen molar-refractivity contribution in [2.24, 2.45) is 0 Å². The second-order valence-electron chi connectivity index (χ2n) is 7.10. The summed E-state index contributed by atoms with van der Waals surface area (Å²) in [5, 5.41) is 11.8. The number of nitrogens with one attached hydrogen (secondary N) is 1. The summed E-state index contributed by atoms with van der Waals surface area (Å²) < 4.78 is 3.55. The van der Waals surface area contributed by atoms with Gasteiger partial charge in [-0.15, -0.1) is 0 Å². The van der Waals surface area contributed by atoms with Crippen molar-refractivity contribution in [2.75, 3.05) is 0 Å². The van der Waals surface area contributed by atoms with Gasteiger partial charge in [-0.25, -0.2) is 9.48 Å². The lowest BCUT2D eigenvalue weighted by molar-refractivity contribution is 0.590. The van der Waals surface area contributed by atoms with Gasteiger partial charge < -0.3 is 0 Å². The van der Waals surface area contributed by atoms with Crippen molar-refractivity contribution in [1.29, 1.82) is 0 Å². The standard InChI is InChI=1S/C24H18N6OS/c31-23-25-21(17-10-4-1-5-11-17)22(18-12-6-2-7-13-18)28-29(23)16-20-26-27-24(32)30(20)19-14-8-3-9-15-19/h1-15H,16H2,(H,27,32). The molecule has 2 aromatic heterocycles. The van der Waals surface area contributed by atoms with Crippen molar-refractivity contribution >= 4 is 12.2 Å². The zero-order valence-electron chi connectivity index (χ0n) is 16.9. The Bertz CT molecular complexity index is 1470. The van der Waals surface area contributed by atoms with E-state index in [2.05, 4.69) is 15.2 Å². The van der Waals surface area contributed by atoms with Gasteiger partial charge >= 0.3 is 5.69 Å². The van der Waals surface area contributed by atoms with Crippen LogP contribution in [0.1, 0.15) is 5.82 Å². The molecule has 3 aromatic carbocycles. The SMILES string of the molecule is O=c1nc(-c2ccccc2)c(-c2ccccc2)nn1Cc1n[nH]c(=S)n1-c1ccccc1. The van der Waals surface area contributed by atoms with E-state index >= 15 is 0 Å². The molecule has 0 atom stereocenters. The summed E-state index contributed by atoms with van der Waals surface area (Å²) in [5.41, 5.74) is 3.25. The van der Waals surface area contributed by atoms with Crippen molar-refractivity contribution < 1.29 is 0 Å². The zero-order chi connectivity index (χ0) is 21.9.